The zero-order chi connectivity index (χ0) is 31.1. The topological polar surface area (TPSA) is 72.5 Å². The maximum Gasteiger partial charge on any atom is 0.270 e. The van der Waals surface area contributed by atoms with E-state index in [9.17, 15) is 9.59 Å². The second-order valence-corrected chi connectivity index (χ2v) is 11.5. The molecule has 0 spiro atoms. The molecule has 3 aromatic carbocycles. The summed E-state index contributed by atoms with van der Waals surface area (Å²) >= 11 is 0. The van der Waals surface area contributed by atoms with Crippen LogP contribution in [0.15, 0.2) is 77.6 Å². The summed E-state index contributed by atoms with van der Waals surface area (Å²) in [6.45, 7) is 12.9. The Kier molecular flexibility index (Phi) is 10.2. The Hall–Kier alpha value is -4.39. The molecule has 2 heterocycles. The first-order valence-electron chi connectivity index (χ1n) is 16.1. The number of aromatic amines is 1. The molecule has 7 heteroatoms. The fraction of sp³-hybridized carbons (Fsp3) is 0.378. The summed E-state index contributed by atoms with van der Waals surface area (Å²) in [6, 6.07) is 23.0. The third-order valence-corrected chi connectivity index (χ3v) is 8.55. The number of rotatable bonds is 13. The van der Waals surface area contributed by atoms with Crippen LogP contribution in [0.2, 0.25) is 0 Å². The predicted molar refractivity (Wildman–Crippen MR) is 182 cm³/mol. The molecule has 0 bridgehead atoms. The Morgan fingerprint density at radius 3 is 2.41 bits per heavy atom. The van der Waals surface area contributed by atoms with Gasteiger partial charge in [0.05, 0.1) is 11.0 Å². The third-order valence-electron chi connectivity index (χ3n) is 8.55. The number of aromatic nitrogens is 2. The van der Waals surface area contributed by atoms with Gasteiger partial charge in [-0.1, -0.05) is 55.5 Å². The van der Waals surface area contributed by atoms with E-state index < -0.39 is 0 Å². The van der Waals surface area contributed by atoms with E-state index in [2.05, 4.69) is 78.9 Å². The van der Waals surface area contributed by atoms with Gasteiger partial charge in [0.2, 0.25) is 5.91 Å². The van der Waals surface area contributed by atoms with Crippen molar-refractivity contribution in [2.75, 3.05) is 42.5 Å². The molecule has 1 aromatic heterocycles. The summed E-state index contributed by atoms with van der Waals surface area (Å²) < 4.78 is 0. The lowest BCUT2D eigenvalue weighted by Crippen LogP contribution is -2.30. The Bertz CT molecular complexity index is 1660. The highest BCUT2D eigenvalue weighted by Gasteiger charge is 2.22. The molecule has 5 rings (SSSR count). The highest BCUT2D eigenvalue weighted by atomic mass is 16.2. The van der Waals surface area contributed by atoms with Crippen LogP contribution in [0, 0.1) is 6.92 Å². The molecule has 1 saturated heterocycles. The van der Waals surface area contributed by atoms with Gasteiger partial charge in [-0.2, -0.15) is 0 Å². The molecule has 0 saturated carbocycles. The maximum absolute atomic E-state index is 13.0. The van der Waals surface area contributed by atoms with Crippen molar-refractivity contribution < 1.29 is 4.79 Å². The number of hydrogen-bond acceptors (Lipinski definition) is 5. The summed E-state index contributed by atoms with van der Waals surface area (Å²) in [7, 11) is 0. The first-order valence-corrected chi connectivity index (χ1v) is 16.1. The first-order chi connectivity index (χ1) is 21.4. The van der Waals surface area contributed by atoms with Gasteiger partial charge in [0.25, 0.3) is 5.56 Å². The number of H-pyrrole nitrogens is 1. The minimum Gasteiger partial charge on any atom is -0.372 e. The normalized spacial score (nSPS) is 13.6. The highest BCUT2D eigenvalue weighted by Crippen LogP contribution is 2.33. The molecule has 0 radical (unpaired) electrons. The fourth-order valence-corrected chi connectivity index (χ4v) is 6.21. The number of carbonyl (C=O) groups excluding carboxylic acids is 1. The molecule has 44 heavy (non-hydrogen) atoms. The molecule has 1 aliphatic rings. The number of carbonyl (C=O) groups is 1. The average Bonchev–Trinajstić information content (AvgIpc) is 3.44. The second kappa shape index (κ2) is 14.4. The maximum atomic E-state index is 13.0. The van der Waals surface area contributed by atoms with Gasteiger partial charge in [-0.15, -0.1) is 0 Å². The third kappa shape index (κ3) is 7.04. The lowest BCUT2D eigenvalue weighted by atomic mass is 10.0. The fourth-order valence-electron chi connectivity index (χ4n) is 6.21. The van der Waals surface area contributed by atoms with Crippen molar-refractivity contribution in [3.63, 3.8) is 0 Å². The van der Waals surface area contributed by atoms with Gasteiger partial charge in [-0.05, 0) is 81.0 Å². The van der Waals surface area contributed by atoms with Gasteiger partial charge in [0.15, 0.2) is 0 Å². The standard InChI is InChI=1S/C37H45N5O2/c1-5-13-34(29-17-19-30(20-18-29)40(6-2)7-3)42(23-12-22-41-21-11-16-36(41)43)35-26-32-31(24-27(35)4)39-37(44)33(38-32)25-28-14-9-8-10-15-28/h8-10,13-15,17-20,24,26H,5-7,11-12,16,21-23,25H2,1-4H3,(H,39,44). The number of benzene rings is 3. The molecule has 7 nitrogen and oxygen atoms in total. The molecule has 230 valence electrons. The monoisotopic (exact) mass is 591 g/mol. The van der Waals surface area contributed by atoms with E-state index in [1.54, 1.807) is 0 Å². The number of hydrogen-bond donors (Lipinski definition) is 1. The first kappa shape index (κ1) is 31.0. The lowest BCUT2D eigenvalue weighted by Gasteiger charge is -2.31. The number of aryl methyl sites for hydroxylation is 1. The molecular formula is C37H45N5O2. The summed E-state index contributed by atoms with van der Waals surface area (Å²) in [5.74, 6) is 0.258. The Balaban J connectivity index is 1.54. The number of anilines is 2. The van der Waals surface area contributed by atoms with Crippen molar-refractivity contribution in [1.29, 1.82) is 0 Å². The molecular weight excluding hydrogens is 546 g/mol. The summed E-state index contributed by atoms with van der Waals surface area (Å²) in [4.78, 5) is 40.1. The highest BCUT2D eigenvalue weighted by molar-refractivity contribution is 5.87. The number of nitrogens with one attached hydrogen (secondary N) is 1. The van der Waals surface area contributed by atoms with Crippen LogP contribution in [-0.2, 0) is 11.2 Å². The zero-order valence-electron chi connectivity index (χ0n) is 26.6. The quantitative estimate of drug-likeness (QED) is 0.182. The van der Waals surface area contributed by atoms with Crippen LogP contribution in [0.3, 0.4) is 0 Å². The number of likely N-dealkylation sites (tertiary alicyclic amines) is 1. The van der Waals surface area contributed by atoms with Crippen molar-refractivity contribution in [3.05, 3.63) is 106 Å². The van der Waals surface area contributed by atoms with E-state index in [1.807, 2.05) is 41.3 Å². The van der Waals surface area contributed by atoms with Crippen molar-refractivity contribution in [2.45, 2.75) is 59.8 Å². The zero-order valence-corrected chi connectivity index (χ0v) is 26.6. The molecule has 1 fully saturated rings. The van der Waals surface area contributed by atoms with Crippen LogP contribution in [0.1, 0.15) is 68.8 Å². The summed E-state index contributed by atoms with van der Waals surface area (Å²) in [5, 5.41) is 0. The molecule has 4 aromatic rings. The molecule has 1 N–H and O–H groups in total. The van der Waals surface area contributed by atoms with Gasteiger partial charge < -0.3 is 19.7 Å². The van der Waals surface area contributed by atoms with Gasteiger partial charge in [-0.25, -0.2) is 4.98 Å². The van der Waals surface area contributed by atoms with E-state index in [4.69, 9.17) is 4.98 Å². The predicted octanol–water partition coefficient (Wildman–Crippen LogP) is 6.94. The SMILES string of the molecule is CCC=C(c1ccc(N(CC)CC)cc1)N(CCCN1CCCC1=O)c1cc2nc(Cc3ccccc3)c(=O)[nH]c2cc1C. The van der Waals surface area contributed by atoms with Crippen molar-refractivity contribution in [2.24, 2.45) is 0 Å². The average molecular weight is 592 g/mol. The summed E-state index contributed by atoms with van der Waals surface area (Å²) in [6.07, 6.45) is 6.10. The van der Waals surface area contributed by atoms with Crippen molar-refractivity contribution in [1.82, 2.24) is 14.9 Å². The number of fused-ring (bicyclic) bond motifs is 1. The molecule has 0 unspecified atom stereocenters. The lowest BCUT2D eigenvalue weighted by molar-refractivity contribution is -0.127. The number of nitrogens with zero attached hydrogens (tertiary/aromatic N) is 4. The summed E-state index contributed by atoms with van der Waals surface area (Å²) in [5.41, 5.74) is 8.54. The molecule has 0 atom stereocenters. The van der Waals surface area contributed by atoms with Crippen LogP contribution >= 0.6 is 0 Å². The van der Waals surface area contributed by atoms with Gasteiger partial charge >= 0.3 is 0 Å². The van der Waals surface area contributed by atoms with Crippen LogP contribution in [0.5, 0.6) is 0 Å². The van der Waals surface area contributed by atoms with E-state index in [1.165, 1.54) is 5.69 Å². The van der Waals surface area contributed by atoms with Crippen LogP contribution < -0.4 is 15.4 Å². The molecule has 1 aliphatic heterocycles. The van der Waals surface area contributed by atoms with E-state index in [0.29, 0.717) is 18.5 Å². The Morgan fingerprint density at radius 2 is 1.75 bits per heavy atom. The van der Waals surface area contributed by atoms with E-state index in [0.717, 1.165) is 91.1 Å². The van der Waals surface area contributed by atoms with E-state index in [-0.39, 0.29) is 11.5 Å². The van der Waals surface area contributed by atoms with E-state index >= 15 is 0 Å². The Labute approximate surface area is 261 Å². The molecule has 0 aliphatic carbocycles. The minimum absolute atomic E-state index is 0.152. The van der Waals surface area contributed by atoms with Crippen molar-refractivity contribution >= 4 is 34.0 Å². The minimum atomic E-state index is -0.152. The van der Waals surface area contributed by atoms with Gasteiger partial charge in [0, 0.05) is 62.6 Å². The smallest absolute Gasteiger partial charge is 0.270 e. The van der Waals surface area contributed by atoms with Gasteiger partial charge in [-0.3, -0.25) is 9.59 Å². The van der Waals surface area contributed by atoms with Crippen LogP contribution in [0.4, 0.5) is 11.4 Å². The van der Waals surface area contributed by atoms with Crippen LogP contribution in [0.25, 0.3) is 16.7 Å². The van der Waals surface area contributed by atoms with Crippen LogP contribution in [-0.4, -0.2) is 53.5 Å². The Morgan fingerprint density at radius 1 is 1.00 bits per heavy atom. The van der Waals surface area contributed by atoms with Crippen molar-refractivity contribution in [3.8, 4) is 0 Å². The number of allylic oxidation sites excluding steroid dienone is 1. The van der Waals surface area contributed by atoms with Gasteiger partial charge in [0.1, 0.15) is 5.69 Å². The largest absolute Gasteiger partial charge is 0.372 e. The molecule has 1 amide bonds. The number of amides is 1. The second-order valence-electron chi connectivity index (χ2n) is 11.5.